The van der Waals surface area contributed by atoms with Crippen molar-refractivity contribution in [3.8, 4) is 0 Å². The van der Waals surface area contributed by atoms with Gasteiger partial charge in [-0.3, -0.25) is 0 Å². The molecular formula is C11H13IO2. The summed E-state index contributed by atoms with van der Waals surface area (Å²) < 4.78 is 6.85. The van der Waals surface area contributed by atoms with Crippen molar-refractivity contribution in [2.45, 2.75) is 12.5 Å². The van der Waals surface area contributed by atoms with Crippen LogP contribution in [0.1, 0.15) is 18.1 Å². The topological polar surface area (TPSA) is 29.5 Å². The van der Waals surface area contributed by atoms with Crippen LogP contribution in [0.15, 0.2) is 24.3 Å². The van der Waals surface area contributed by atoms with Gasteiger partial charge < -0.3 is 9.84 Å². The van der Waals surface area contributed by atoms with Gasteiger partial charge in [0.1, 0.15) is 0 Å². The summed E-state index contributed by atoms with van der Waals surface area (Å²) >= 11 is 2.28. The summed E-state index contributed by atoms with van der Waals surface area (Å²) in [6.45, 7) is 0.985. The summed E-state index contributed by atoms with van der Waals surface area (Å²) in [5.74, 6) is 0.273. The van der Waals surface area contributed by atoms with Crippen molar-refractivity contribution in [2.75, 3.05) is 13.2 Å². The van der Waals surface area contributed by atoms with Crippen molar-refractivity contribution in [3.05, 3.63) is 33.4 Å². The Morgan fingerprint density at radius 1 is 1.36 bits per heavy atom. The number of rotatable bonds is 2. The Morgan fingerprint density at radius 2 is 2.07 bits per heavy atom. The first kappa shape index (κ1) is 10.4. The summed E-state index contributed by atoms with van der Waals surface area (Å²) in [6.07, 6.45) is 1.06. The van der Waals surface area contributed by atoms with Crippen molar-refractivity contribution in [3.63, 3.8) is 0 Å². The van der Waals surface area contributed by atoms with Gasteiger partial charge in [0.2, 0.25) is 0 Å². The van der Waals surface area contributed by atoms with Crippen LogP contribution in [-0.2, 0) is 4.74 Å². The molecule has 1 aliphatic rings. The van der Waals surface area contributed by atoms with Crippen LogP contribution in [0.25, 0.3) is 0 Å². The molecule has 0 radical (unpaired) electrons. The Kier molecular flexibility index (Phi) is 3.41. The second-order valence-electron chi connectivity index (χ2n) is 3.57. The van der Waals surface area contributed by atoms with E-state index in [1.165, 1.54) is 9.13 Å². The van der Waals surface area contributed by atoms with E-state index in [4.69, 9.17) is 4.74 Å². The van der Waals surface area contributed by atoms with E-state index in [1.807, 2.05) is 0 Å². The fourth-order valence-corrected chi connectivity index (χ4v) is 2.20. The van der Waals surface area contributed by atoms with Crippen molar-refractivity contribution in [2.24, 2.45) is 5.92 Å². The maximum atomic E-state index is 9.17. The highest BCUT2D eigenvalue weighted by atomic mass is 127. The second-order valence-corrected chi connectivity index (χ2v) is 4.82. The van der Waals surface area contributed by atoms with Crippen LogP contribution in [0, 0.1) is 9.49 Å². The average Bonchev–Trinajstić information content (AvgIpc) is 2.67. The Bertz CT molecular complexity index is 297. The van der Waals surface area contributed by atoms with E-state index in [1.54, 1.807) is 0 Å². The third-order valence-corrected chi connectivity index (χ3v) is 3.37. The molecule has 1 heterocycles. The lowest BCUT2D eigenvalue weighted by Crippen LogP contribution is -2.11. The third-order valence-electron chi connectivity index (χ3n) is 2.65. The molecule has 1 N–H and O–H groups in total. The maximum absolute atomic E-state index is 9.17. The molecule has 0 spiro atoms. The van der Waals surface area contributed by atoms with Gasteiger partial charge in [0.25, 0.3) is 0 Å². The highest BCUT2D eigenvalue weighted by Crippen LogP contribution is 2.34. The van der Waals surface area contributed by atoms with Gasteiger partial charge in [-0.25, -0.2) is 0 Å². The molecule has 0 amide bonds. The van der Waals surface area contributed by atoms with E-state index >= 15 is 0 Å². The van der Waals surface area contributed by atoms with Crippen LogP contribution < -0.4 is 0 Å². The van der Waals surface area contributed by atoms with Gasteiger partial charge >= 0.3 is 0 Å². The normalized spacial score (nSPS) is 26.7. The van der Waals surface area contributed by atoms with Gasteiger partial charge in [-0.05, 0) is 46.7 Å². The van der Waals surface area contributed by atoms with Crippen molar-refractivity contribution in [1.29, 1.82) is 0 Å². The van der Waals surface area contributed by atoms with E-state index < -0.39 is 0 Å². The molecular weight excluding hydrogens is 291 g/mol. The highest BCUT2D eigenvalue weighted by Gasteiger charge is 2.28. The van der Waals surface area contributed by atoms with Gasteiger partial charge in [0, 0.05) is 22.7 Å². The third kappa shape index (κ3) is 2.10. The summed E-state index contributed by atoms with van der Waals surface area (Å²) in [4.78, 5) is 0. The number of benzene rings is 1. The van der Waals surface area contributed by atoms with Crippen molar-refractivity contribution < 1.29 is 9.84 Å². The SMILES string of the molecule is OCC1CCOC1c1ccc(I)cc1. The Balaban J connectivity index is 2.17. The van der Waals surface area contributed by atoms with Gasteiger partial charge in [-0.1, -0.05) is 12.1 Å². The van der Waals surface area contributed by atoms with Crippen LogP contribution in [0.5, 0.6) is 0 Å². The molecule has 1 fully saturated rings. The first-order valence-corrected chi connectivity index (χ1v) is 5.87. The zero-order valence-corrected chi connectivity index (χ0v) is 9.98. The molecule has 0 aliphatic carbocycles. The van der Waals surface area contributed by atoms with Crippen LogP contribution in [-0.4, -0.2) is 18.3 Å². The molecule has 1 aromatic rings. The molecule has 2 unspecified atom stereocenters. The van der Waals surface area contributed by atoms with E-state index in [0.717, 1.165) is 13.0 Å². The van der Waals surface area contributed by atoms with E-state index in [2.05, 4.69) is 46.9 Å². The van der Waals surface area contributed by atoms with E-state index in [0.29, 0.717) is 0 Å². The molecule has 1 saturated heterocycles. The van der Waals surface area contributed by atoms with Crippen LogP contribution >= 0.6 is 22.6 Å². The number of hydrogen-bond acceptors (Lipinski definition) is 2. The van der Waals surface area contributed by atoms with Crippen LogP contribution in [0.3, 0.4) is 0 Å². The first-order chi connectivity index (χ1) is 6.81. The standard InChI is InChI=1S/C11H13IO2/c12-10-3-1-8(2-4-10)11-9(7-13)5-6-14-11/h1-4,9,11,13H,5-7H2. The smallest absolute Gasteiger partial charge is 0.0875 e. The molecule has 2 nitrogen and oxygen atoms in total. The average molecular weight is 304 g/mol. The van der Waals surface area contributed by atoms with Gasteiger partial charge in [-0.15, -0.1) is 0 Å². The predicted molar refractivity (Wildman–Crippen MR) is 63.0 cm³/mol. The lowest BCUT2D eigenvalue weighted by Gasteiger charge is -2.16. The minimum absolute atomic E-state index is 0.0944. The molecule has 1 aromatic carbocycles. The Hall–Kier alpha value is -0.130. The van der Waals surface area contributed by atoms with Crippen LogP contribution in [0.4, 0.5) is 0 Å². The lowest BCUT2D eigenvalue weighted by molar-refractivity contribution is 0.0720. The summed E-state index contributed by atoms with van der Waals surface area (Å²) in [7, 11) is 0. The van der Waals surface area contributed by atoms with Crippen molar-refractivity contribution in [1.82, 2.24) is 0 Å². The minimum Gasteiger partial charge on any atom is -0.396 e. The van der Waals surface area contributed by atoms with E-state index in [-0.39, 0.29) is 18.6 Å². The van der Waals surface area contributed by atoms with Gasteiger partial charge in [0.05, 0.1) is 6.10 Å². The molecule has 0 aromatic heterocycles. The zero-order valence-electron chi connectivity index (χ0n) is 7.82. The number of aliphatic hydroxyl groups is 1. The molecule has 1 aliphatic heterocycles. The monoisotopic (exact) mass is 304 g/mol. The second kappa shape index (κ2) is 4.59. The number of ether oxygens (including phenoxy) is 1. The lowest BCUT2D eigenvalue weighted by atomic mass is 9.96. The molecule has 3 heteroatoms. The summed E-state index contributed by atoms with van der Waals surface area (Å²) in [5.41, 5.74) is 1.18. The Labute approximate surface area is 97.4 Å². The molecule has 2 atom stereocenters. The highest BCUT2D eigenvalue weighted by molar-refractivity contribution is 14.1. The maximum Gasteiger partial charge on any atom is 0.0875 e. The minimum atomic E-state index is 0.0944. The van der Waals surface area contributed by atoms with E-state index in [9.17, 15) is 5.11 Å². The molecule has 76 valence electrons. The number of hydrogen-bond donors (Lipinski definition) is 1. The fourth-order valence-electron chi connectivity index (χ4n) is 1.84. The van der Waals surface area contributed by atoms with Gasteiger partial charge in [0.15, 0.2) is 0 Å². The zero-order chi connectivity index (χ0) is 9.97. The quantitative estimate of drug-likeness (QED) is 0.850. The van der Waals surface area contributed by atoms with Crippen molar-refractivity contribution >= 4 is 22.6 Å². The molecule has 14 heavy (non-hydrogen) atoms. The Morgan fingerprint density at radius 3 is 2.71 bits per heavy atom. The summed E-state index contributed by atoms with van der Waals surface area (Å²) in [6, 6.07) is 8.32. The predicted octanol–water partition coefficient (Wildman–Crippen LogP) is 2.36. The molecule has 2 rings (SSSR count). The number of halogens is 1. The fraction of sp³-hybridized carbons (Fsp3) is 0.455. The molecule has 0 saturated carbocycles. The van der Waals surface area contributed by atoms with Gasteiger partial charge in [-0.2, -0.15) is 0 Å². The number of aliphatic hydroxyl groups excluding tert-OH is 1. The largest absolute Gasteiger partial charge is 0.396 e. The molecule has 0 bridgehead atoms. The first-order valence-electron chi connectivity index (χ1n) is 4.79. The van der Waals surface area contributed by atoms with Crippen LogP contribution in [0.2, 0.25) is 0 Å². The summed E-state index contributed by atoms with van der Waals surface area (Å²) in [5, 5.41) is 9.17.